The molecular weight excluding hydrogens is 475 g/mol. The second-order valence-electron chi connectivity index (χ2n) is 9.29. The maximum Gasteiger partial charge on any atom is 0.259 e. The number of anilines is 2. The monoisotopic (exact) mass is 500 g/mol. The van der Waals surface area contributed by atoms with Crippen molar-refractivity contribution in [1.82, 2.24) is 5.32 Å². The summed E-state index contributed by atoms with van der Waals surface area (Å²) in [5.74, 6) is -1.28. The molecule has 0 aliphatic carbocycles. The van der Waals surface area contributed by atoms with Gasteiger partial charge in [0.1, 0.15) is 5.54 Å². The van der Waals surface area contributed by atoms with Crippen molar-refractivity contribution >= 4 is 57.8 Å². The fraction of sp³-hybridized carbons (Fsp3) is 0.360. The number of halogens is 2. The van der Waals surface area contributed by atoms with Crippen molar-refractivity contribution in [3.05, 3.63) is 64.2 Å². The number of hydrogen-bond donors (Lipinski definition) is 1. The van der Waals surface area contributed by atoms with Crippen LogP contribution in [0.25, 0.3) is 4.85 Å². The van der Waals surface area contributed by atoms with E-state index in [1.807, 2.05) is 38.1 Å². The molecule has 6 nitrogen and oxygen atoms in total. The average molecular weight is 501 g/mol. The molecule has 2 amide bonds. The number of benzene rings is 2. The van der Waals surface area contributed by atoms with Crippen molar-refractivity contribution in [2.24, 2.45) is 5.41 Å². The van der Waals surface area contributed by atoms with Crippen LogP contribution in [0.5, 0.6) is 0 Å². The van der Waals surface area contributed by atoms with Gasteiger partial charge in [-0.2, -0.15) is 0 Å². The molecule has 1 aliphatic rings. The van der Waals surface area contributed by atoms with Crippen LogP contribution in [0.3, 0.4) is 0 Å². The molecule has 0 bridgehead atoms. The summed E-state index contributed by atoms with van der Waals surface area (Å²) in [7, 11) is 1.63. The Morgan fingerprint density at radius 1 is 1.24 bits per heavy atom. The van der Waals surface area contributed by atoms with E-state index in [0.717, 1.165) is 10.5 Å². The molecular formula is C25H26ClFN4O2S. The van der Waals surface area contributed by atoms with Gasteiger partial charge >= 0.3 is 0 Å². The summed E-state index contributed by atoms with van der Waals surface area (Å²) >= 11 is 11.6. The lowest BCUT2D eigenvalue weighted by atomic mass is 9.85. The van der Waals surface area contributed by atoms with E-state index in [1.54, 1.807) is 25.8 Å². The number of hydrogen-bond acceptors (Lipinski definition) is 3. The minimum atomic E-state index is -1.07. The molecule has 2 aromatic carbocycles. The maximum absolute atomic E-state index is 15.0. The zero-order valence-corrected chi connectivity index (χ0v) is 21.3. The van der Waals surface area contributed by atoms with Gasteiger partial charge in [0.05, 0.1) is 17.3 Å². The molecule has 1 fully saturated rings. The first-order chi connectivity index (χ1) is 15.9. The lowest BCUT2D eigenvalue weighted by Crippen LogP contribution is -2.44. The first kappa shape index (κ1) is 25.6. The van der Waals surface area contributed by atoms with E-state index in [4.69, 9.17) is 30.4 Å². The Bertz CT molecular complexity index is 1200. The molecule has 0 saturated carbocycles. The van der Waals surface area contributed by atoms with Crippen LogP contribution in [0.2, 0.25) is 5.02 Å². The minimum Gasteiger partial charge on any atom is -0.359 e. The number of thiocarbonyl (C=S) groups is 1. The second kappa shape index (κ2) is 9.32. The molecule has 3 rings (SSSR count). The Balaban J connectivity index is 1.89. The Morgan fingerprint density at radius 2 is 1.85 bits per heavy atom. The fourth-order valence-corrected chi connectivity index (χ4v) is 4.67. The zero-order valence-electron chi connectivity index (χ0n) is 19.7. The highest BCUT2D eigenvalue weighted by atomic mass is 35.5. The highest BCUT2D eigenvalue weighted by molar-refractivity contribution is 7.81. The van der Waals surface area contributed by atoms with Crippen LogP contribution in [-0.4, -0.2) is 29.5 Å². The van der Waals surface area contributed by atoms with Crippen LogP contribution in [0.15, 0.2) is 36.4 Å². The lowest BCUT2D eigenvalue weighted by molar-refractivity contribution is -0.129. The smallest absolute Gasteiger partial charge is 0.259 e. The number of rotatable bonds is 6. The van der Waals surface area contributed by atoms with Crippen molar-refractivity contribution < 1.29 is 14.0 Å². The molecule has 34 heavy (non-hydrogen) atoms. The van der Waals surface area contributed by atoms with Gasteiger partial charge < -0.3 is 10.2 Å². The van der Waals surface area contributed by atoms with E-state index in [0.29, 0.717) is 18.5 Å². The van der Waals surface area contributed by atoms with Crippen molar-refractivity contribution in [2.45, 2.75) is 46.1 Å². The predicted molar refractivity (Wildman–Crippen MR) is 137 cm³/mol. The molecule has 1 aliphatic heterocycles. The number of carbonyl (C=O) groups excluding carboxylic acids is 2. The molecule has 0 radical (unpaired) electrons. The van der Waals surface area contributed by atoms with Crippen LogP contribution >= 0.6 is 23.8 Å². The maximum atomic E-state index is 15.0. The quantitative estimate of drug-likeness (QED) is 0.411. The minimum absolute atomic E-state index is 0.0105. The third kappa shape index (κ3) is 4.38. The topological polar surface area (TPSA) is 57.0 Å². The van der Waals surface area contributed by atoms with Gasteiger partial charge in [-0.05, 0) is 62.7 Å². The largest absolute Gasteiger partial charge is 0.359 e. The number of amides is 2. The average Bonchev–Trinajstić information content (AvgIpc) is 2.98. The van der Waals surface area contributed by atoms with Gasteiger partial charge in [-0.1, -0.05) is 43.6 Å². The van der Waals surface area contributed by atoms with Crippen molar-refractivity contribution in [3.63, 3.8) is 0 Å². The summed E-state index contributed by atoms with van der Waals surface area (Å²) in [6, 6.07) is 10.3. The van der Waals surface area contributed by atoms with Gasteiger partial charge in [0.25, 0.3) is 5.91 Å². The van der Waals surface area contributed by atoms with Crippen molar-refractivity contribution in [2.75, 3.05) is 16.8 Å². The van der Waals surface area contributed by atoms with Crippen LogP contribution in [0.1, 0.15) is 39.7 Å². The predicted octanol–water partition coefficient (Wildman–Crippen LogP) is 5.65. The molecule has 1 saturated heterocycles. The van der Waals surface area contributed by atoms with Gasteiger partial charge in [-0.25, -0.2) is 9.24 Å². The van der Waals surface area contributed by atoms with Crippen molar-refractivity contribution in [3.8, 4) is 0 Å². The summed E-state index contributed by atoms with van der Waals surface area (Å²) in [6.45, 7) is 14.3. The van der Waals surface area contributed by atoms with Crippen LogP contribution < -0.4 is 15.1 Å². The summed E-state index contributed by atoms with van der Waals surface area (Å²) in [4.78, 5) is 31.3. The number of nitrogens with zero attached hydrogens (tertiary/aromatic N) is 3. The van der Waals surface area contributed by atoms with E-state index < -0.39 is 22.7 Å². The summed E-state index contributed by atoms with van der Waals surface area (Å²) in [5.41, 5.74) is 0.0381. The summed E-state index contributed by atoms with van der Waals surface area (Å²) < 4.78 is 15.0. The van der Waals surface area contributed by atoms with Gasteiger partial charge in [-0.3, -0.25) is 14.5 Å². The van der Waals surface area contributed by atoms with Gasteiger partial charge in [0.15, 0.2) is 10.9 Å². The highest BCUT2D eigenvalue weighted by Crippen LogP contribution is 2.40. The van der Waals surface area contributed by atoms with E-state index in [-0.39, 0.29) is 27.4 Å². The molecule has 178 valence electrons. The van der Waals surface area contributed by atoms with E-state index in [2.05, 4.69) is 10.2 Å². The SMILES string of the molecule is [C-]#[N+]c1ccc(N2C(=O)C(C)(C)N(c3ccc(CCC(C)(C)C(=O)NC)cc3)C2=S)c(F)c1Cl. The third-order valence-corrected chi connectivity index (χ3v) is 6.87. The standard InChI is InChI=1S/C25H26ClFN4O2S/c1-24(2,21(32)29-6)14-13-15-7-9-16(10-8-15)31-23(34)30(22(33)25(31,3)4)18-12-11-17(28-5)19(26)20(18)27/h7-12H,13-14H2,1-4,6H3,(H,29,32). The zero-order chi connectivity index (χ0) is 25.4. The van der Waals surface area contributed by atoms with Crippen LogP contribution in [-0.2, 0) is 16.0 Å². The normalized spacial score (nSPS) is 15.5. The molecule has 2 aromatic rings. The molecule has 0 atom stereocenters. The third-order valence-electron chi connectivity index (χ3n) is 6.15. The van der Waals surface area contributed by atoms with Gasteiger partial charge in [-0.15, -0.1) is 0 Å². The molecule has 0 aromatic heterocycles. The first-order valence-electron chi connectivity index (χ1n) is 10.7. The van der Waals surface area contributed by atoms with Crippen LogP contribution in [0.4, 0.5) is 21.5 Å². The number of nitrogens with one attached hydrogen (secondary N) is 1. The van der Waals surface area contributed by atoms with Gasteiger partial charge in [0, 0.05) is 18.2 Å². The lowest BCUT2D eigenvalue weighted by Gasteiger charge is -2.29. The molecule has 0 spiro atoms. The Labute approximate surface area is 209 Å². The first-order valence-corrected chi connectivity index (χ1v) is 11.5. The van der Waals surface area contributed by atoms with E-state index in [1.165, 1.54) is 12.1 Å². The Hall–Kier alpha value is -3.02. The molecule has 1 heterocycles. The van der Waals surface area contributed by atoms with Crippen LogP contribution in [0, 0.1) is 17.8 Å². The summed E-state index contributed by atoms with van der Waals surface area (Å²) in [5, 5.41) is 2.47. The molecule has 0 unspecified atom stereocenters. The molecule has 9 heteroatoms. The second-order valence-corrected chi connectivity index (χ2v) is 10.0. The summed E-state index contributed by atoms with van der Waals surface area (Å²) in [6.07, 6.45) is 1.38. The number of carbonyl (C=O) groups is 2. The van der Waals surface area contributed by atoms with Crippen molar-refractivity contribution in [1.29, 1.82) is 0 Å². The van der Waals surface area contributed by atoms with Gasteiger partial charge in [0.2, 0.25) is 11.6 Å². The Morgan fingerprint density at radius 3 is 2.41 bits per heavy atom. The fourth-order valence-electron chi connectivity index (χ4n) is 3.95. The number of aryl methyl sites for hydroxylation is 1. The van der Waals surface area contributed by atoms with E-state index >= 15 is 0 Å². The highest BCUT2D eigenvalue weighted by Gasteiger charge is 2.51. The Kier molecular flexibility index (Phi) is 7.02. The van der Waals surface area contributed by atoms with E-state index in [9.17, 15) is 14.0 Å². The molecule has 1 N–H and O–H groups in total.